The number of aliphatic hydroxyl groups is 1. The summed E-state index contributed by atoms with van der Waals surface area (Å²) in [7, 11) is -2.99. The minimum atomic E-state index is -2.99. The van der Waals surface area contributed by atoms with Crippen LogP contribution >= 0.6 is 23.2 Å². The molecule has 6 heteroatoms. The Balaban J connectivity index is 2.64. The first-order valence-corrected chi connectivity index (χ1v) is 7.92. The molecule has 0 spiro atoms. The quantitative estimate of drug-likeness (QED) is 0.909. The Morgan fingerprint density at radius 1 is 1.35 bits per heavy atom. The molecule has 0 heterocycles. The van der Waals surface area contributed by atoms with Crippen molar-refractivity contribution in [2.24, 2.45) is 0 Å². The van der Waals surface area contributed by atoms with Crippen LogP contribution in [0.4, 0.5) is 0 Å². The van der Waals surface area contributed by atoms with E-state index in [4.69, 9.17) is 23.2 Å². The van der Waals surface area contributed by atoms with Gasteiger partial charge in [0.2, 0.25) is 0 Å². The molecule has 1 atom stereocenters. The van der Waals surface area contributed by atoms with E-state index in [1.807, 2.05) is 0 Å². The van der Waals surface area contributed by atoms with Crippen LogP contribution in [0.3, 0.4) is 0 Å². The van der Waals surface area contributed by atoms with Crippen molar-refractivity contribution < 1.29 is 13.5 Å². The van der Waals surface area contributed by atoms with Gasteiger partial charge in [-0.2, -0.15) is 0 Å². The molecule has 0 aliphatic rings. The molecule has 0 aliphatic carbocycles. The summed E-state index contributed by atoms with van der Waals surface area (Å²) in [5.41, 5.74) is 0.535. The smallest absolute Gasteiger partial charge is 0.147 e. The fraction of sp³-hybridized carbons (Fsp3) is 0.455. The molecule has 1 rings (SSSR count). The minimum absolute atomic E-state index is 0.0578. The van der Waals surface area contributed by atoms with Crippen molar-refractivity contribution in [1.29, 1.82) is 0 Å². The van der Waals surface area contributed by atoms with Crippen molar-refractivity contribution in [1.82, 2.24) is 0 Å². The number of rotatable bonds is 5. The monoisotopic (exact) mass is 296 g/mol. The summed E-state index contributed by atoms with van der Waals surface area (Å²) < 4.78 is 21.9. The topological polar surface area (TPSA) is 54.4 Å². The highest BCUT2D eigenvalue weighted by Gasteiger charge is 2.13. The highest BCUT2D eigenvalue weighted by molar-refractivity contribution is 7.90. The van der Waals surface area contributed by atoms with E-state index >= 15 is 0 Å². The molecule has 96 valence electrons. The zero-order valence-electron chi connectivity index (χ0n) is 9.36. The highest BCUT2D eigenvalue weighted by atomic mass is 35.5. The van der Waals surface area contributed by atoms with Crippen LogP contribution in [-0.2, 0) is 9.84 Å². The van der Waals surface area contributed by atoms with Gasteiger partial charge in [0.05, 0.1) is 6.10 Å². The van der Waals surface area contributed by atoms with E-state index in [1.165, 1.54) is 6.26 Å². The molecule has 0 amide bonds. The van der Waals surface area contributed by atoms with Crippen molar-refractivity contribution >= 4 is 33.0 Å². The van der Waals surface area contributed by atoms with Crippen LogP contribution in [0.1, 0.15) is 24.5 Å². The fourth-order valence-electron chi connectivity index (χ4n) is 1.46. The maximum Gasteiger partial charge on any atom is 0.147 e. The van der Waals surface area contributed by atoms with Gasteiger partial charge in [-0.05, 0) is 31.0 Å². The summed E-state index contributed by atoms with van der Waals surface area (Å²) in [5.74, 6) is 0.0578. The van der Waals surface area contributed by atoms with Crippen molar-refractivity contribution in [2.75, 3.05) is 12.0 Å². The standard InChI is InChI=1S/C11H14Cl2O3S/c1-17(15,16)6-2-3-11(14)9-7-8(12)4-5-10(9)13/h4-5,7,11,14H,2-3,6H2,1H3. The Morgan fingerprint density at radius 3 is 2.59 bits per heavy atom. The zero-order chi connectivity index (χ0) is 13.1. The predicted octanol–water partition coefficient (Wildman–Crippen LogP) is 2.85. The van der Waals surface area contributed by atoms with Gasteiger partial charge in [-0.15, -0.1) is 0 Å². The van der Waals surface area contributed by atoms with E-state index in [0.29, 0.717) is 28.5 Å². The molecule has 0 fully saturated rings. The van der Waals surface area contributed by atoms with Crippen LogP contribution in [0, 0.1) is 0 Å². The second-order valence-corrected chi connectivity index (χ2v) is 7.06. The first kappa shape index (κ1) is 14.8. The Bertz CT molecular complexity index is 485. The molecule has 1 N–H and O–H groups in total. The van der Waals surface area contributed by atoms with E-state index in [1.54, 1.807) is 18.2 Å². The molecule has 3 nitrogen and oxygen atoms in total. The fourth-order valence-corrected chi connectivity index (χ4v) is 2.58. The van der Waals surface area contributed by atoms with Crippen LogP contribution < -0.4 is 0 Å². The summed E-state index contributed by atoms with van der Waals surface area (Å²) in [5, 5.41) is 10.8. The Morgan fingerprint density at radius 2 is 2.00 bits per heavy atom. The van der Waals surface area contributed by atoms with E-state index in [-0.39, 0.29) is 5.75 Å². The SMILES string of the molecule is CS(=O)(=O)CCCC(O)c1cc(Cl)ccc1Cl. The molecule has 1 unspecified atom stereocenters. The number of sulfone groups is 1. The van der Waals surface area contributed by atoms with Crippen LogP contribution in [0.5, 0.6) is 0 Å². The van der Waals surface area contributed by atoms with Crippen molar-refractivity contribution in [3.05, 3.63) is 33.8 Å². The van der Waals surface area contributed by atoms with Crippen molar-refractivity contribution in [2.45, 2.75) is 18.9 Å². The molecule has 0 radical (unpaired) electrons. The normalized spacial score (nSPS) is 13.6. The van der Waals surface area contributed by atoms with Gasteiger partial charge < -0.3 is 5.11 Å². The van der Waals surface area contributed by atoms with Crippen LogP contribution in [0.15, 0.2) is 18.2 Å². The third-order valence-corrected chi connectivity index (χ3v) is 3.92. The van der Waals surface area contributed by atoms with Crippen LogP contribution in [-0.4, -0.2) is 25.5 Å². The van der Waals surface area contributed by atoms with Crippen molar-refractivity contribution in [3.63, 3.8) is 0 Å². The molecule has 0 saturated heterocycles. The third kappa shape index (κ3) is 5.25. The van der Waals surface area contributed by atoms with E-state index in [2.05, 4.69) is 0 Å². The lowest BCUT2D eigenvalue weighted by atomic mass is 10.1. The maximum absolute atomic E-state index is 10.9. The van der Waals surface area contributed by atoms with Gasteiger partial charge in [0.1, 0.15) is 9.84 Å². The maximum atomic E-state index is 10.9. The van der Waals surface area contributed by atoms with Crippen LogP contribution in [0.2, 0.25) is 10.0 Å². The van der Waals surface area contributed by atoms with Gasteiger partial charge in [-0.1, -0.05) is 23.2 Å². The molecule has 17 heavy (non-hydrogen) atoms. The average Bonchev–Trinajstić information content (AvgIpc) is 2.19. The van der Waals surface area contributed by atoms with Gasteiger partial charge in [0.25, 0.3) is 0 Å². The largest absolute Gasteiger partial charge is 0.388 e. The molecule has 1 aromatic carbocycles. The molecule has 1 aromatic rings. The second kappa shape index (κ2) is 6.05. The third-order valence-electron chi connectivity index (χ3n) is 2.31. The van der Waals surface area contributed by atoms with Gasteiger partial charge in [0.15, 0.2) is 0 Å². The van der Waals surface area contributed by atoms with E-state index in [0.717, 1.165) is 0 Å². The lowest BCUT2D eigenvalue weighted by Gasteiger charge is -2.12. The van der Waals surface area contributed by atoms with Gasteiger partial charge in [-0.25, -0.2) is 8.42 Å². The number of benzene rings is 1. The summed E-state index contributed by atoms with van der Waals surface area (Å²) in [4.78, 5) is 0. The number of halogens is 2. The van der Waals surface area contributed by atoms with E-state index in [9.17, 15) is 13.5 Å². The highest BCUT2D eigenvalue weighted by Crippen LogP contribution is 2.28. The number of aliphatic hydroxyl groups excluding tert-OH is 1. The molecule has 0 aromatic heterocycles. The molecule has 0 bridgehead atoms. The first-order valence-electron chi connectivity index (χ1n) is 5.10. The van der Waals surface area contributed by atoms with Crippen LogP contribution in [0.25, 0.3) is 0 Å². The minimum Gasteiger partial charge on any atom is -0.388 e. The van der Waals surface area contributed by atoms with Gasteiger partial charge in [0, 0.05) is 27.6 Å². The Labute approximate surface area is 111 Å². The van der Waals surface area contributed by atoms with Gasteiger partial charge >= 0.3 is 0 Å². The summed E-state index contributed by atoms with van der Waals surface area (Å²) in [6.07, 6.45) is 1.12. The summed E-state index contributed by atoms with van der Waals surface area (Å²) >= 11 is 11.7. The Kier molecular flexibility index (Phi) is 5.25. The Hall–Kier alpha value is -0.290. The lowest BCUT2D eigenvalue weighted by molar-refractivity contribution is 0.167. The van der Waals surface area contributed by atoms with E-state index < -0.39 is 15.9 Å². The molecular weight excluding hydrogens is 283 g/mol. The lowest BCUT2D eigenvalue weighted by Crippen LogP contribution is -2.06. The number of hydrogen-bond acceptors (Lipinski definition) is 3. The molecule has 0 saturated carbocycles. The summed E-state index contributed by atoms with van der Waals surface area (Å²) in [6.45, 7) is 0. The summed E-state index contributed by atoms with van der Waals surface area (Å²) in [6, 6.07) is 4.84. The van der Waals surface area contributed by atoms with Crippen molar-refractivity contribution in [3.8, 4) is 0 Å². The molecule has 0 aliphatic heterocycles. The number of hydrogen-bond donors (Lipinski definition) is 1. The second-order valence-electron chi connectivity index (χ2n) is 3.95. The first-order chi connectivity index (χ1) is 7.79. The van der Waals surface area contributed by atoms with Gasteiger partial charge in [-0.3, -0.25) is 0 Å². The zero-order valence-corrected chi connectivity index (χ0v) is 11.7. The average molecular weight is 297 g/mol. The predicted molar refractivity (Wildman–Crippen MR) is 70.4 cm³/mol. The molecular formula is C11H14Cl2O3S.